The average molecular weight is 337 g/mol. The molecule has 25 heavy (non-hydrogen) atoms. The molecule has 1 heterocycles. The van der Waals surface area contributed by atoms with Gasteiger partial charge in [0.25, 0.3) is 0 Å². The normalized spacial score (nSPS) is 19.4. The summed E-state index contributed by atoms with van der Waals surface area (Å²) in [5.41, 5.74) is 3.26. The molecule has 0 radical (unpaired) electrons. The van der Waals surface area contributed by atoms with Gasteiger partial charge in [0, 0.05) is 22.7 Å². The number of hydrogen-bond donors (Lipinski definition) is 1. The highest BCUT2D eigenvalue weighted by Crippen LogP contribution is 2.44. The Balaban J connectivity index is 1.70. The third-order valence-corrected chi connectivity index (χ3v) is 5.06. The van der Waals surface area contributed by atoms with Crippen molar-refractivity contribution in [3.05, 3.63) is 47.5 Å². The van der Waals surface area contributed by atoms with Crippen molar-refractivity contribution in [2.45, 2.75) is 38.8 Å². The number of fused-ring (bicyclic) bond motifs is 3. The number of benzene rings is 2. The van der Waals surface area contributed by atoms with Crippen LogP contribution in [0.4, 0.5) is 0 Å². The van der Waals surface area contributed by atoms with Gasteiger partial charge in [0.05, 0.1) is 6.61 Å². The molecule has 130 valence electrons. The van der Waals surface area contributed by atoms with Gasteiger partial charge in [0.1, 0.15) is 17.6 Å². The second kappa shape index (κ2) is 6.52. The topological polar surface area (TPSA) is 47.6 Å². The molecule has 2 aromatic carbocycles. The summed E-state index contributed by atoms with van der Waals surface area (Å²) in [7, 11) is 0. The highest BCUT2D eigenvalue weighted by molar-refractivity contribution is 6.22. The van der Waals surface area contributed by atoms with Crippen molar-refractivity contribution in [1.82, 2.24) is 5.32 Å². The van der Waals surface area contributed by atoms with Crippen LogP contribution in [0.5, 0.6) is 11.5 Å². The molecule has 2 aromatic rings. The fourth-order valence-electron chi connectivity index (χ4n) is 3.82. The number of carbonyl (C=O) groups is 1. The van der Waals surface area contributed by atoms with Gasteiger partial charge in [-0.05, 0) is 63.1 Å². The summed E-state index contributed by atoms with van der Waals surface area (Å²) in [4.78, 5) is 12.8. The maximum Gasteiger partial charge on any atom is 0.194 e. The van der Waals surface area contributed by atoms with Gasteiger partial charge in [-0.3, -0.25) is 4.79 Å². The van der Waals surface area contributed by atoms with Crippen molar-refractivity contribution in [2.24, 2.45) is 0 Å². The number of nitrogens with one attached hydrogen (secondary N) is 1. The summed E-state index contributed by atoms with van der Waals surface area (Å²) in [6.45, 7) is 5.67. The molecule has 1 aliphatic carbocycles. The van der Waals surface area contributed by atoms with E-state index in [-0.39, 0.29) is 11.9 Å². The molecule has 2 aliphatic rings. The summed E-state index contributed by atoms with van der Waals surface area (Å²) in [5, 5.41) is 3.49. The molecule has 4 nitrogen and oxygen atoms in total. The predicted molar refractivity (Wildman–Crippen MR) is 97.6 cm³/mol. The second-order valence-electron chi connectivity index (χ2n) is 6.67. The molecular weight excluding hydrogens is 314 g/mol. The van der Waals surface area contributed by atoms with E-state index in [4.69, 9.17) is 9.47 Å². The maximum atomic E-state index is 12.8. The molecule has 4 heteroatoms. The van der Waals surface area contributed by atoms with Crippen molar-refractivity contribution in [1.29, 1.82) is 0 Å². The fourth-order valence-corrected chi connectivity index (χ4v) is 3.82. The van der Waals surface area contributed by atoms with E-state index in [1.807, 2.05) is 43.3 Å². The third kappa shape index (κ3) is 2.81. The van der Waals surface area contributed by atoms with Gasteiger partial charge in [-0.2, -0.15) is 0 Å². The van der Waals surface area contributed by atoms with Crippen LogP contribution in [0.1, 0.15) is 42.6 Å². The summed E-state index contributed by atoms with van der Waals surface area (Å²) in [6.07, 6.45) is 2.38. The van der Waals surface area contributed by atoms with E-state index in [2.05, 4.69) is 12.2 Å². The SMILES string of the molecule is CCOc1ccc2c(c1)C(=O)c1cccc(OC(C)C3CCCN3)c1-2. The predicted octanol–water partition coefficient (Wildman–Crippen LogP) is 3.82. The zero-order chi connectivity index (χ0) is 17.4. The maximum absolute atomic E-state index is 12.8. The van der Waals surface area contributed by atoms with E-state index in [0.717, 1.165) is 35.6 Å². The van der Waals surface area contributed by atoms with Crippen LogP contribution in [0.3, 0.4) is 0 Å². The van der Waals surface area contributed by atoms with Crippen LogP contribution in [-0.4, -0.2) is 31.1 Å². The van der Waals surface area contributed by atoms with Gasteiger partial charge in [-0.15, -0.1) is 0 Å². The zero-order valence-corrected chi connectivity index (χ0v) is 14.7. The van der Waals surface area contributed by atoms with Crippen LogP contribution >= 0.6 is 0 Å². The molecule has 2 atom stereocenters. The number of hydrogen-bond acceptors (Lipinski definition) is 4. The fraction of sp³-hybridized carbons (Fsp3) is 0.381. The highest BCUT2D eigenvalue weighted by atomic mass is 16.5. The Bertz CT molecular complexity index is 809. The van der Waals surface area contributed by atoms with E-state index in [1.54, 1.807) is 0 Å². The molecule has 1 N–H and O–H groups in total. The molecule has 0 bridgehead atoms. The lowest BCUT2D eigenvalue weighted by Gasteiger charge is -2.22. The number of ether oxygens (including phenoxy) is 2. The number of carbonyl (C=O) groups excluding carboxylic acids is 1. The number of ketones is 1. The van der Waals surface area contributed by atoms with Gasteiger partial charge in [-0.25, -0.2) is 0 Å². The van der Waals surface area contributed by atoms with Gasteiger partial charge in [0.15, 0.2) is 5.78 Å². The first-order chi connectivity index (χ1) is 12.2. The van der Waals surface area contributed by atoms with Crippen molar-refractivity contribution in [3.8, 4) is 22.6 Å². The van der Waals surface area contributed by atoms with Gasteiger partial charge in [-0.1, -0.05) is 12.1 Å². The van der Waals surface area contributed by atoms with Crippen molar-refractivity contribution in [3.63, 3.8) is 0 Å². The first-order valence-corrected chi connectivity index (χ1v) is 9.04. The van der Waals surface area contributed by atoms with E-state index in [9.17, 15) is 4.79 Å². The molecule has 0 saturated carbocycles. The zero-order valence-electron chi connectivity index (χ0n) is 14.7. The molecule has 2 unspecified atom stereocenters. The third-order valence-electron chi connectivity index (χ3n) is 5.06. The van der Waals surface area contributed by atoms with Crippen LogP contribution in [-0.2, 0) is 0 Å². The van der Waals surface area contributed by atoms with Gasteiger partial charge < -0.3 is 14.8 Å². The standard InChI is InChI=1S/C21H23NO3/c1-3-24-14-9-10-15-17(12-14)21(23)16-6-4-8-19(20(15)16)25-13(2)18-7-5-11-22-18/h4,6,8-10,12-13,18,22H,3,5,7,11H2,1-2H3. The quantitative estimate of drug-likeness (QED) is 0.769. The summed E-state index contributed by atoms with van der Waals surface area (Å²) < 4.78 is 11.8. The minimum absolute atomic E-state index is 0.0450. The highest BCUT2D eigenvalue weighted by Gasteiger charge is 2.31. The molecule has 0 spiro atoms. The molecule has 0 aromatic heterocycles. The molecule has 1 saturated heterocycles. The van der Waals surface area contributed by atoms with Gasteiger partial charge in [0.2, 0.25) is 0 Å². The van der Waals surface area contributed by atoms with Crippen LogP contribution < -0.4 is 14.8 Å². The minimum Gasteiger partial charge on any atom is -0.494 e. The number of rotatable bonds is 5. The molecule has 0 amide bonds. The lowest BCUT2D eigenvalue weighted by atomic mass is 10.0. The summed E-state index contributed by atoms with van der Waals surface area (Å²) in [6, 6.07) is 11.8. The van der Waals surface area contributed by atoms with Crippen molar-refractivity contribution >= 4 is 5.78 Å². The first kappa shape index (κ1) is 16.2. The molecular formula is C21H23NO3. The lowest BCUT2D eigenvalue weighted by molar-refractivity contribution is 0.104. The summed E-state index contributed by atoms with van der Waals surface area (Å²) >= 11 is 0. The van der Waals surface area contributed by atoms with Gasteiger partial charge >= 0.3 is 0 Å². The Morgan fingerprint density at radius 2 is 2.08 bits per heavy atom. The molecule has 4 rings (SSSR count). The van der Waals surface area contributed by atoms with E-state index in [1.165, 1.54) is 6.42 Å². The largest absolute Gasteiger partial charge is 0.494 e. The van der Waals surface area contributed by atoms with Crippen LogP contribution in [0.15, 0.2) is 36.4 Å². The van der Waals surface area contributed by atoms with E-state index < -0.39 is 0 Å². The Hall–Kier alpha value is -2.33. The second-order valence-corrected chi connectivity index (χ2v) is 6.67. The van der Waals surface area contributed by atoms with Crippen LogP contribution in [0.25, 0.3) is 11.1 Å². The van der Waals surface area contributed by atoms with Crippen LogP contribution in [0.2, 0.25) is 0 Å². The Morgan fingerprint density at radius 1 is 1.20 bits per heavy atom. The van der Waals surface area contributed by atoms with Crippen LogP contribution in [0, 0.1) is 0 Å². The summed E-state index contributed by atoms with van der Waals surface area (Å²) in [5.74, 6) is 1.56. The van der Waals surface area contributed by atoms with E-state index in [0.29, 0.717) is 23.8 Å². The smallest absolute Gasteiger partial charge is 0.194 e. The first-order valence-electron chi connectivity index (χ1n) is 9.04. The minimum atomic E-state index is 0.0450. The lowest BCUT2D eigenvalue weighted by Crippen LogP contribution is -2.36. The molecule has 1 aliphatic heterocycles. The Kier molecular flexibility index (Phi) is 4.22. The Morgan fingerprint density at radius 3 is 2.84 bits per heavy atom. The van der Waals surface area contributed by atoms with Crippen molar-refractivity contribution in [2.75, 3.05) is 13.2 Å². The van der Waals surface area contributed by atoms with E-state index >= 15 is 0 Å². The Labute approximate surface area is 148 Å². The van der Waals surface area contributed by atoms with Crippen molar-refractivity contribution < 1.29 is 14.3 Å². The molecule has 1 fully saturated rings. The average Bonchev–Trinajstić information content (AvgIpc) is 3.24. The monoisotopic (exact) mass is 337 g/mol.